The summed E-state index contributed by atoms with van der Waals surface area (Å²) in [6, 6.07) is 9.56. The predicted molar refractivity (Wildman–Crippen MR) is 125 cm³/mol. The van der Waals surface area contributed by atoms with E-state index in [1.807, 2.05) is 12.1 Å². The molecule has 2 aromatic rings. The van der Waals surface area contributed by atoms with Crippen LogP contribution in [-0.4, -0.2) is 37.7 Å². The molecule has 0 saturated heterocycles. The Kier molecular flexibility index (Phi) is 12.2. The first-order chi connectivity index (χ1) is 13.6. The van der Waals surface area contributed by atoms with E-state index in [-0.39, 0.29) is 29.8 Å². The third kappa shape index (κ3) is 10.4. The van der Waals surface area contributed by atoms with Crippen molar-refractivity contribution in [3.63, 3.8) is 0 Å². The summed E-state index contributed by atoms with van der Waals surface area (Å²) in [6.45, 7) is 7.03. The van der Waals surface area contributed by atoms with Crippen molar-refractivity contribution >= 4 is 29.9 Å². The molecule has 8 heteroatoms. The van der Waals surface area contributed by atoms with Crippen LogP contribution in [-0.2, 0) is 11.3 Å². The number of guanidine groups is 1. The van der Waals surface area contributed by atoms with Gasteiger partial charge in [0.25, 0.3) is 0 Å². The molecule has 0 spiro atoms. The number of nitrogens with zero attached hydrogens (tertiary/aromatic N) is 2. The maximum Gasteiger partial charge on any atom is 0.219 e. The molecule has 0 unspecified atom stereocenters. The first kappa shape index (κ1) is 25.1. The lowest BCUT2D eigenvalue weighted by Gasteiger charge is -2.13. The molecule has 160 valence electrons. The molecule has 1 aromatic carbocycles. The van der Waals surface area contributed by atoms with Gasteiger partial charge in [0.1, 0.15) is 11.6 Å². The Hall–Kier alpha value is -1.94. The van der Waals surface area contributed by atoms with Crippen molar-refractivity contribution in [1.29, 1.82) is 0 Å². The summed E-state index contributed by atoms with van der Waals surface area (Å²) in [5.41, 5.74) is 0.989. The monoisotopic (exact) mass is 516 g/mol. The summed E-state index contributed by atoms with van der Waals surface area (Å²) in [5.74, 6) is 2.04. The zero-order chi connectivity index (χ0) is 20.2. The van der Waals surface area contributed by atoms with Gasteiger partial charge in [0.15, 0.2) is 5.96 Å². The molecule has 0 amide bonds. The number of hydrogen-bond acceptors (Lipinski definition) is 4. The fourth-order valence-electron chi connectivity index (χ4n) is 2.31. The summed E-state index contributed by atoms with van der Waals surface area (Å²) < 4.78 is 24.2. The summed E-state index contributed by atoms with van der Waals surface area (Å²) in [6.07, 6.45) is 2.74. The Morgan fingerprint density at radius 3 is 2.59 bits per heavy atom. The number of pyridine rings is 1. The van der Waals surface area contributed by atoms with E-state index >= 15 is 0 Å². The van der Waals surface area contributed by atoms with Gasteiger partial charge in [-0.2, -0.15) is 0 Å². The fourth-order valence-corrected chi connectivity index (χ4v) is 2.31. The zero-order valence-electron chi connectivity index (χ0n) is 17.2. The average Bonchev–Trinajstić information content (AvgIpc) is 2.69. The summed E-state index contributed by atoms with van der Waals surface area (Å²) in [4.78, 5) is 8.39. The number of ether oxygens (including phenoxy) is 2. The molecule has 29 heavy (non-hydrogen) atoms. The molecule has 0 atom stereocenters. The van der Waals surface area contributed by atoms with Crippen molar-refractivity contribution in [2.75, 3.05) is 26.8 Å². The van der Waals surface area contributed by atoms with Gasteiger partial charge in [-0.15, -0.1) is 24.0 Å². The second-order valence-electron chi connectivity index (χ2n) is 6.71. The van der Waals surface area contributed by atoms with Gasteiger partial charge in [-0.05, 0) is 48.2 Å². The lowest BCUT2D eigenvalue weighted by atomic mass is 10.1. The standard InChI is InChI=1S/C21H29FN4O2.HI/c1-16(2)9-12-27-13-11-25-21(23-3)26-15-17-8-10-24-20(14-17)28-19-6-4-18(22)5-7-19;/h4-8,10,14,16H,9,11-13,15H2,1-3H3,(H2,23,25,26);1H. The molecule has 2 N–H and O–H groups in total. The highest BCUT2D eigenvalue weighted by molar-refractivity contribution is 14.0. The Bertz CT molecular complexity index is 742. The minimum Gasteiger partial charge on any atom is -0.439 e. The molecule has 0 radical (unpaired) electrons. The molecule has 0 saturated carbocycles. The molecule has 6 nitrogen and oxygen atoms in total. The van der Waals surface area contributed by atoms with Crippen LogP contribution in [0.1, 0.15) is 25.8 Å². The molecular formula is C21H30FIN4O2. The first-order valence-electron chi connectivity index (χ1n) is 9.47. The normalized spacial score (nSPS) is 11.1. The quantitative estimate of drug-likeness (QED) is 0.213. The Labute approximate surface area is 189 Å². The number of halogens is 2. The second-order valence-corrected chi connectivity index (χ2v) is 6.71. The van der Waals surface area contributed by atoms with E-state index in [4.69, 9.17) is 9.47 Å². The molecule has 1 aromatic heterocycles. The third-order valence-corrected chi connectivity index (χ3v) is 3.90. The van der Waals surface area contributed by atoms with Crippen LogP contribution in [0.5, 0.6) is 11.6 Å². The Morgan fingerprint density at radius 1 is 1.14 bits per heavy atom. The van der Waals surface area contributed by atoms with E-state index in [0.717, 1.165) is 18.6 Å². The van der Waals surface area contributed by atoms with E-state index in [1.165, 1.54) is 12.1 Å². The van der Waals surface area contributed by atoms with Crippen LogP contribution in [0.15, 0.2) is 47.6 Å². The van der Waals surface area contributed by atoms with Gasteiger partial charge in [0, 0.05) is 39.0 Å². The van der Waals surface area contributed by atoms with Crippen LogP contribution >= 0.6 is 24.0 Å². The fraction of sp³-hybridized carbons (Fsp3) is 0.429. The van der Waals surface area contributed by atoms with Gasteiger partial charge in [-0.25, -0.2) is 9.37 Å². The highest BCUT2D eigenvalue weighted by Crippen LogP contribution is 2.20. The largest absolute Gasteiger partial charge is 0.439 e. The van der Waals surface area contributed by atoms with Crippen LogP contribution in [0.2, 0.25) is 0 Å². The maximum absolute atomic E-state index is 13.0. The number of benzene rings is 1. The highest BCUT2D eigenvalue weighted by Gasteiger charge is 2.03. The van der Waals surface area contributed by atoms with Crippen molar-refractivity contribution in [2.24, 2.45) is 10.9 Å². The molecule has 0 aliphatic heterocycles. The average molecular weight is 516 g/mol. The van der Waals surface area contributed by atoms with E-state index in [2.05, 4.69) is 34.5 Å². The lowest BCUT2D eigenvalue weighted by Crippen LogP contribution is -2.38. The molecular weight excluding hydrogens is 486 g/mol. The van der Waals surface area contributed by atoms with Crippen LogP contribution in [0, 0.1) is 11.7 Å². The van der Waals surface area contributed by atoms with Gasteiger partial charge in [0.05, 0.1) is 6.61 Å². The van der Waals surface area contributed by atoms with Crippen LogP contribution in [0.3, 0.4) is 0 Å². The lowest BCUT2D eigenvalue weighted by molar-refractivity contribution is 0.128. The van der Waals surface area contributed by atoms with E-state index in [1.54, 1.807) is 25.4 Å². The van der Waals surface area contributed by atoms with Crippen LogP contribution < -0.4 is 15.4 Å². The molecule has 0 bridgehead atoms. The molecule has 0 aliphatic carbocycles. The van der Waals surface area contributed by atoms with E-state index in [9.17, 15) is 4.39 Å². The SMILES string of the molecule is CN=C(NCCOCCC(C)C)NCc1ccnc(Oc2ccc(F)cc2)c1.I. The number of hydrogen-bond donors (Lipinski definition) is 2. The van der Waals surface area contributed by atoms with E-state index < -0.39 is 0 Å². The minimum absolute atomic E-state index is 0. The van der Waals surface area contributed by atoms with Gasteiger partial charge >= 0.3 is 0 Å². The molecule has 2 rings (SSSR count). The molecule has 1 heterocycles. The molecule has 0 fully saturated rings. The number of aliphatic imine (C=N–C) groups is 1. The number of aromatic nitrogens is 1. The first-order valence-corrected chi connectivity index (χ1v) is 9.47. The van der Waals surface area contributed by atoms with Crippen molar-refractivity contribution in [3.05, 3.63) is 54.0 Å². The van der Waals surface area contributed by atoms with Gasteiger partial charge in [-0.1, -0.05) is 13.8 Å². The van der Waals surface area contributed by atoms with Gasteiger partial charge in [-0.3, -0.25) is 4.99 Å². The van der Waals surface area contributed by atoms with Crippen molar-refractivity contribution < 1.29 is 13.9 Å². The minimum atomic E-state index is -0.303. The third-order valence-electron chi connectivity index (χ3n) is 3.90. The second kappa shape index (κ2) is 14.1. The summed E-state index contributed by atoms with van der Waals surface area (Å²) in [7, 11) is 1.73. The zero-order valence-corrected chi connectivity index (χ0v) is 19.5. The maximum atomic E-state index is 13.0. The molecule has 0 aliphatic rings. The summed E-state index contributed by atoms with van der Waals surface area (Å²) in [5, 5.41) is 6.46. The van der Waals surface area contributed by atoms with Gasteiger partial charge < -0.3 is 20.1 Å². The van der Waals surface area contributed by atoms with Crippen molar-refractivity contribution in [2.45, 2.75) is 26.8 Å². The van der Waals surface area contributed by atoms with Crippen LogP contribution in [0.25, 0.3) is 0 Å². The van der Waals surface area contributed by atoms with Gasteiger partial charge in [0.2, 0.25) is 5.88 Å². The van der Waals surface area contributed by atoms with E-state index in [0.29, 0.717) is 43.2 Å². The summed E-state index contributed by atoms with van der Waals surface area (Å²) >= 11 is 0. The topological polar surface area (TPSA) is 67.8 Å². The number of nitrogens with one attached hydrogen (secondary N) is 2. The predicted octanol–water partition coefficient (Wildman–Crippen LogP) is 4.36. The smallest absolute Gasteiger partial charge is 0.219 e. The van der Waals surface area contributed by atoms with Crippen molar-refractivity contribution in [1.82, 2.24) is 15.6 Å². The highest BCUT2D eigenvalue weighted by atomic mass is 127. The number of rotatable bonds is 10. The Morgan fingerprint density at radius 2 is 1.90 bits per heavy atom. The van der Waals surface area contributed by atoms with Crippen molar-refractivity contribution in [3.8, 4) is 11.6 Å². The Balaban J connectivity index is 0.00000420. The van der Waals surface area contributed by atoms with Crippen LogP contribution in [0.4, 0.5) is 4.39 Å².